The van der Waals surface area contributed by atoms with Crippen LogP contribution in [0.1, 0.15) is 82.1 Å². The summed E-state index contributed by atoms with van der Waals surface area (Å²) in [6.45, 7) is 2.90. The van der Waals surface area contributed by atoms with Gasteiger partial charge in [-0.3, -0.25) is 14.6 Å². The van der Waals surface area contributed by atoms with E-state index in [2.05, 4.69) is 30.3 Å². The fourth-order valence-electron chi connectivity index (χ4n) is 7.81. The van der Waals surface area contributed by atoms with Crippen molar-refractivity contribution in [3.05, 3.63) is 72.3 Å². The largest absolute Gasteiger partial charge is 0.453 e. The molecule has 57 heavy (non-hydrogen) atoms. The van der Waals surface area contributed by atoms with Crippen LogP contribution in [-0.4, -0.2) is 101 Å². The number of H-pyrrole nitrogens is 1. The van der Waals surface area contributed by atoms with Crippen LogP contribution in [0, 0.1) is 0 Å². The Kier molecular flexibility index (Phi) is 13.0. The summed E-state index contributed by atoms with van der Waals surface area (Å²) in [5.74, 6) is -0.0239. The number of ether oxygens (including phenoxy) is 2. The highest BCUT2D eigenvalue weighted by Gasteiger charge is 2.40. The second-order valence-corrected chi connectivity index (χ2v) is 14.5. The summed E-state index contributed by atoms with van der Waals surface area (Å²) < 4.78 is 48.4. The minimum atomic E-state index is -4.48. The lowest BCUT2D eigenvalue weighted by molar-refractivity contribution is -0.142. The highest BCUT2D eigenvalue weighted by atomic mass is 19.4. The molecule has 0 spiro atoms. The van der Waals surface area contributed by atoms with Crippen molar-refractivity contribution in [1.82, 2.24) is 30.4 Å². The molecule has 3 aromatic rings. The SMILES string of the molecule is CCC[C@H](NC(=O)OC)C(=O)N1CCC[C@H]1c1ncc(-c2ccc(-c3ccc(C4=CN=C([C@@H]5CCCN5C(=O)[C@H](CCC(F)(F)F)NC(=O)OC)C4)cc3)cc2)[nH]1. The number of aromatic amines is 1. The number of aliphatic imine (C=N–C) groups is 1. The molecule has 0 saturated carbocycles. The minimum absolute atomic E-state index is 0.145. The molecule has 13 nitrogen and oxygen atoms in total. The normalized spacial score (nSPS) is 19.1. The van der Waals surface area contributed by atoms with Gasteiger partial charge < -0.3 is 34.9 Å². The van der Waals surface area contributed by atoms with Crippen LogP contribution >= 0.6 is 0 Å². The van der Waals surface area contributed by atoms with Crippen molar-refractivity contribution in [2.45, 2.75) is 95.1 Å². The van der Waals surface area contributed by atoms with Crippen LogP contribution in [0.3, 0.4) is 0 Å². The zero-order valence-corrected chi connectivity index (χ0v) is 32.2. The Morgan fingerprint density at radius 3 is 1.89 bits per heavy atom. The first-order valence-electron chi connectivity index (χ1n) is 19.3. The van der Waals surface area contributed by atoms with Gasteiger partial charge in [0.05, 0.1) is 38.2 Å². The second-order valence-electron chi connectivity index (χ2n) is 14.5. The van der Waals surface area contributed by atoms with Gasteiger partial charge in [0.2, 0.25) is 11.8 Å². The van der Waals surface area contributed by atoms with Gasteiger partial charge in [-0.25, -0.2) is 14.6 Å². The lowest BCUT2D eigenvalue weighted by Gasteiger charge is -2.29. The highest BCUT2D eigenvalue weighted by molar-refractivity contribution is 6.03. The number of nitrogens with zero attached hydrogens (tertiary/aromatic N) is 4. The molecule has 0 bridgehead atoms. The predicted octanol–water partition coefficient (Wildman–Crippen LogP) is 7.18. The molecule has 2 fully saturated rings. The number of imidazole rings is 1. The van der Waals surface area contributed by atoms with E-state index in [1.165, 1.54) is 12.0 Å². The third-order valence-electron chi connectivity index (χ3n) is 10.8. The van der Waals surface area contributed by atoms with E-state index in [1.807, 2.05) is 55.5 Å². The van der Waals surface area contributed by atoms with E-state index in [0.29, 0.717) is 44.6 Å². The van der Waals surface area contributed by atoms with Crippen LogP contribution in [0.4, 0.5) is 22.8 Å². The molecule has 0 aliphatic carbocycles. The molecule has 0 unspecified atom stereocenters. The molecule has 4 heterocycles. The second kappa shape index (κ2) is 18.1. The smallest absolute Gasteiger partial charge is 0.407 e. The Hall–Kier alpha value is -5.67. The van der Waals surface area contributed by atoms with Gasteiger partial charge in [-0.05, 0) is 66.4 Å². The average Bonchev–Trinajstić information content (AvgIpc) is 4.05. The van der Waals surface area contributed by atoms with Gasteiger partial charge in [0, 0.05) is 37.8 Å². The van der Waals surface area contributed by atoms with E-state index < -0.39 is 49.2 Å². The Bertz CT molecular complexity index is 1980. The molecule has 2 saturated heterocycles. The fraction of sp³-hybridized carbons (Fsp3) is 0.463. The zero-order valence-electron chi connectivity index (χ0n) is 32.2. The quantitative estimate of drug-likeness (QED) is 0.166. The Morgan fingerprint density at radius 2 is 1.33 bits per heavy atom. The number of amides is 4. The highest BCUT2D eigenvalue weighted by Crippen LogP contribution is 2.35. The number of likely N-dealkylation sites (tertiary alicyclic amines) is 2. The molecule has 304 valence electrons. The Labute approximate surface area is 329 Å². The minimum Gasteiger partial charge on any atom is -0.453 e. The first-order chi connectivity index (χ1) is 27.4. The molecule has 0 radical (unpaired) electrons. The summed E-state index contributed by atoms with van der Waals surface area (Å²) in [5, 5.41) is 4.96. The van der Waals surface area contributed by atoms with Crippen molar-refractivity contribution in [3.8, 4) is 22.4 Å². The summed E-state index contributed by atoms with van der Waals surface area (Å²) in [6, 6.07) is 13.5. The van der Waals surface area contributed by atoms with Crippen molar-refractivity contribution >= 4 is 35.3 Å². The van der Waals surface area contributed by atoms with Gasteiger partial charge in [0.15, 0.2) is 0 Å². The van der Waals surface area contributed by atoms with Crippen LogP contribution < -0.4 is 10.6 Å². The maximum absolute atomic E-state index is 13.5. The molecule has 2 aromatic carbocycles. The lowest BCUT2D eigenvalue weighted by atomic mass is 9.96. The number of halogens is 3. The molecule has 16 heteroatoms. The van der Waals surface area contributed by atoms with E-state index in [4.69, 9.17) is 4.74 Å². The number of rotatable bonds is 13. The topological polar surface area (TPSA) is 158 Å². The maximum atomic E-state index is 13.5. The zero-order chi connectivity index (χ0) is 40.7. The maximum Gasteiger partial charge on any atom is 0.407 e. The first-order valence-corrected chi connectivity index (χ1v) is 19.3. The molecule has 6 rings (SSSR count). The Balaban J connectivity index is 1.06. The average molecular weight is 792 g/mol. The summed E-state index contributed by atoms with van der Waals surface area (Å²) in [5.41, 5.74) is 6.47. The van der Waals surface area contributed by atoms with Crippen LogP contribution in [0.25, 0.3) is 28.0 Å². The van der Waals surface area contributed by atoms with Gasteiger partial charge in [-0.2, -0.15) is 13.2 Å². The van der Waals surface area contributed by atoms with E-state index in [9.17, 15) is 32.3 Å². The van der Waals surface area contributed by atoms with E-state index >= 15 is 0 Å². The van der Waals surface area contributed by atoms with Crippen LogP contribution in [-0.2, 0) is 19.1 Å². The number of carbonyl (C=O) groups is 4. The number of hydrogen-bond acceptors (Lipinski definition) is 8. The van der Waals surface area contributed by atoms with Crippen molar-refractivity contribution in [2.75, 3.05) is 27.3 Å². The van der Waals surface area contributed by atoms with E-state index in [1.54, 1.807) is 17.3 Å². The molecule has 3 aliphatic heterocycles. The molecule has 3 N–H and O–H groups in total. The van der Waals surface area contributed by atoms with Gasteiger partial charge in [0.1, 0.15) is 17.9 Å². The van der Waals surface area contributed by atoms with Crippen molar-refractivity contribution < 1.29 is 41.8 Å². The number of nitrogens with one attached hydrogen (secondary N) is 3. The van der Waals surface area contributed by atoms with Crippen molar-refractivity contribution in [2.24, 2.45) is 4.99 Å². The molecular weight excluding hydrogens is 743 g/mol. The number of benzene rings is 2. The van der Waals surface area contributed by atoms with Crippen molar-refractivity contribution in [1.29, 1.82) is 0 Å². The van der Waals surface area contributed by atoms with E-state index in [-0.39, 0.29) is 18.0 Å². The van der Waals surface area contributed by atoms with E-state index in [0.717, 1.165) is 65.6 Å². The summed E-state index contributed by atoms with van der Waals surface area (Å²) in [4.78, 5) is 66.7. The van der Waals surface area contributed by atoms with Crippen molar-refractivity contribution in [3.63, 3.8) is 0 Å². The lowest BCUT2D eigenvalue weighted by Crippen LogP contribution is -2.51. The number of alkyl halides is 3. The standard InChI is InChI=1S/C41H48F3N7O6/c1-4-7-30(48-39(54)56-2)37(52)51-21-6-9-35(51)36-46-24-33(47-36)28-16-14-26(15-17-28)25-10-12-27(13-11-25)29-22-32(45-23-29)34-8-5-20-50(34)38(53)31(49-40(55)57-3)18-19-41(42,43)44/h10-17,23-24,30-31,34-35H,4-9,18-22H2,1-3H3,(H,46,47)(H,48,54)(H,49,55)/t30-,31-,34-,35-/m0/s1. The number of aromatic nitrogens is 2. The number of allylic oxidation sites excluding steroid dienone is 1. The Morgan fingerprint density at radius 1 is 0.807 bits per heavy atom. The summed E-state index contributed by atoms with van der Waals surface area (Å²) in [7, 11) is 2.37. The van der Waals surface area contributed by atoms with Gasteiger partial charge in [-0.15, -0.1) is 0 Å². The first kappa shape index (κ1) is 41.0. The number of hydrogen-bond donors (Lipinski definition) is 3. The van der Waals surface area contributed by atoms with Gasteiger partial charge in [0.25, 0.3) is 0 Å². The molecular formula is C41H48F3N7O6. The van der Waals surface area contributed by atoms with Gasteiger partial charge in [-0.1, -0.05) is 61.9 Å². The monoisotopic (exact) mass is 791 g/mol. The molecule has 3 aliphatic rings. The number of methoxy groups -OCH3 is 2. The molecule has 4 atom stereocenters. The summed E-state index contributed by atoms with van der Waals surface area (Å²) in [6.07, 6.45) is 0.285. The summed E-state index contributed by atoms with van der Waals surface area (Å²) >= 11 is 0. The van der Waals surface area contributed by atoms with Crippen LogP contribution in [0.5, 0.6) is 0 Å². The molecule has 1 aromatic heterocycles. The third-order valence-corrected chi connectivity index (χ3v) is 10.8. The number of carbonyl (C=O) groups excluding carboxylic acids is 4. The van der Waals surface area contributed by atoms with Gasteiger partial charge >= 0.3 is 18.4 Å². The number of alkyl carbamates (subject to hydrolysis) is 2. The molecule has 4 amide bonds. The predicted molar refractivity (Wildman–Crippen MR) is 207 cm³/mol. The third kappa shape index (κ3) is 9.84. The van der Waals surface area contributed by atoms with Crippen LogP contribution in [0.2, 0.25) is 0 Å². The fourth-order valence-corrected chi connectivity index (χ4v) is 7.81. The van der Waals surface area contributed by atoms with Crippen LogP contribution in [0.15, 0.2) is 65.9 Å².